The number of ether oxygens (including phenoxy) is 2. The van der Waals surface area contributed by atoms with Gasteiger partial charge in [-0.05, 0) is 55.8 Å². The third kappa shape index (κ3) is 5.07. The number of anilines is 1. The summed E-state index contributed by atoms with van der Waals surface area (Å²) in [6.45, 7) is 3.45. The second kappa shape index (κ2) is 8.66. The Morgan fingerprint density at radius 2 is 1.77 bits per heavy atom. The average molecular weight is 357 g/mol. The quantitative estimate of drug-likeness (QED) is 0.739. The van der Waals surface area contributed by atoms with Gasteiger partial charge in [-0.15, -0.1) is 0 Å². The first-order valence-corrected chi connectivity index (χ1v) is 7.94. The van der Waals surface area contributed by atoms with Crippen LogP contribution < -0.4 is 10.1 Å². The van der Waals surface area contributed by atoms with E-state index in [1.165, 1.54) is 18.2 Å². The standard InChI is InChI=1S/C19H19NO6/c1-3-25-19(24)13-5-7-14(8-6-13)20-17(21)11-26-16-10-12(2)4-9-15(16)18(22)23/h4-10H,3,11H2,1-2H3,(H,20,21)(H,22,23). The Morgan fingerprint density at radius 3 is 2.38 bits per heavy atom. The van der Waals surface area contributed by atoms with E-state index in [2.05, 4.69) is 5.32 Å². The normalized spacial score (nSPS) is 10.1. The number of amides is 1. The molecule has 1 amide bonds. The number of benzene rings is 2. The van der Waals surface area contributed by atoms with Crippen molar-refractivity contribution >= 4 is 23.5 Å². The molecule has 0 saturated heterocycles. The van der Waals surface area contributed by atoms with Crippen LogP contribution in [0.25, 0.3) is 0 Å². The van der Waals surface area contributed by atoms with E-state index in [0.29, 0.717) is 11.3 Å². The van der Waals surface area contributed by atoms with Gasteiger partial charge in [0.15, 0.2) is 6.61 Å². The van der Waals surface area contributed by atoms with E-state index in [9.17, 15) is 14.4 Å². The molecule has 2 aromatic rings. The summed E-state index contributed by atoms with van der Waals surface area (Å²) in [5.74, 6) is -1.89. The predicted octanol–water partition coefficient (Wildman–Crippen LogP) is 2.89. The van der Waals surface area contributed by atoms with Crippen LogP contribution in [0.4, 0.5) is 5.69 Å². The number of esters is 1. The number of carbonyl (C=O) groups excluding carboxylic acids is 2. The number of hydrogen-bond acceptors (Lipinski definition) is 5. The molecule has 0 atom stereocenters. The van der Waals surface area contributed by atoms with Gasteiger partial charge in [0.25, 0.3) is 5.91 Å². The molecule has 0 fully saturated rings. The highest BCUT2D eigenvalue weighted by Crippen LogP contribution is 2.20. The van der Waals surface area contributed by atoms with Gasteiger partial charge in [0.05, 0.1) is 12.2 Å². The molecule has 2 rings (SSSR count). The summed E-state index contributed by atoms with van der Waals surface area (Å²) in [7, 11) is 0. The largest absolute Gasteiger partial charge is 0.483 e. The van der Waals surface area contributed by atoms with Crippen LogP contribution in [0.3, 0.4) is 0 Å². The number of nitrogens with one attached hydrogen (secondary N) is 1. The van der Waals surface area contributed by atoms with E-state index in [1.807, 2.05) is 0 Å². The third-order valence-electron chi connectivity index (χ3n) is 3.41. The lowest BCUT2D eigenvalue weighted by molar-refractivity contribution is -0.118. The second-order valence-electron chi connectivity index (χ2n) is 5.44. The lowest BCUT2D eigenvalue weighted by Gasteiger charge is -2.10. The fourth-order valence-electron chi connectivity index (χ4n) is 2.17. The van der Waals surface area contributed by atoms with Gasteiger partial charge in [-0.2, -0.15) is 0 Å². The summed E-state index contributed by atoms with van der Waals surface area (Å²) in [5, 5.41) is 11.8. The van der Waals surface area contributed by atoms with Crippen molar-refractivity contribution in [2.24, 2.45) is 0 Å². The van der Waals surface area contributed by atoms with Crippen molar-refractivity contribution in [3.8, 4) is 5.75 Å². The van der Waals surface area contributed by atoms with Gasteiger partial charge >= 0.3 is 11.9 Å². The fourth-order valence-corrected chi connectivity index (χ4v) is 2.17. The monoisotopic (exact) mass is 357 g/mol. The van der Waals surface area contributed by atoms with E-state index in [4.69, 9.17) is 14.6 Å². The summed E-state index contributed by atoms with van der Waals surface area (Å²) in [6, 6.07) is 10.9. The van der Waals surface area contributed by atoms with Gasteiger partial charge in [0.1, 0.15) is 11.3 Å². The topological polar surface area (TPSA) is 102 Å². The SMILES string of the molecule is CCOC(=O)c1ccc(NC(=O)COc2cc(C)ccc2C(=O)O)cc1. The van der Waals surface area contributed by atoms with Crippen molar-refractivity contribution in [1.29, 1.82) is 0 Å². The number of hydrogen-bond donors (Lipinski definition) is 2. The molecule has 0 aliphatic rings. The maximum Gasteiger partial charge on any atom is 0.339 e. The van der Waals surface area contributed by atoms with Crippen LogP contribution in [0.2, 0.25) is 0 Å². The zero-order valence-electron chi connectivity index (χ0n) is 14.4. The number of carboxylic acids is 1. The average Bonchev–Trinajstić information content (AvgIpc) is 2.60. The Labute approximate surface area is 150 Å². The van der Waals surface area contributed by atoms with E-state index in [0.717, 1.165) is 5.56 Å². The summed E-state index contributed by atoms with van der Waals surface area (Å²) < 4.78 is 10.2. The van der Waals surface area contributed by atoms with Crippen molar-refractivity contribution in [2.75, 3.05) is 18.5 Å². The van der Waals surface area contributed by atoms with Crippen molar-refractivity contribution in [3.63, 3.8) is 0 Å². The lowest BCUT2D eigenvalue weighted by Crippen LogP contribution is -2.21. The minimum atomic E-state index is -1.13. The number of aromatic carboxylic acids is 1. The van der Waals surface area contributed by atoms with Crippen LogP contribution in [0.1, 0.15) is 33.2 Å². The molecule has 7 nitrogen and oxygen atoms in total. The first kappa shape index (κ1) is 19.0. The maximum atomic E-state index is 12.0. The molecule has 0 unspecified atom stereocenters. The Hall–Kier alpha value is -3.35. The van der Waals surface area contributed by atoms with Crippen molar-refractivity contribution in [2.45, 2.75) is 13.8 Å². The van der Waals surface area contributed by atoms with Crippen LogP contribution in [-0.4, -0.2) is 36.2 Å². The summed E-state index contributed by atoms with van der Waals surface area (Å²) in [6.07, 6.45) is 0. The Morgan fingerprint density at radius 1 is 1.08 bits per heavy atom. The molecule has 7 heteroatoms. The smallest absolute Gasteiger partial charge is 0.339 e. The number of rotatable bonds is 7. The Balaban J connectivity index is 1.96. The van der Waals surface area contributed by atoms with Crippen LogP contribution in [0.15, 0.2) is 42.5 Å². The molecule has 0 heterocycles. The Kier molecular flexibility index (Phi) is 6.32. The van der Waals surface area contributed by atoms with E-state index in [-0.39, 0.29) is 24.5 Å². The Bertz CT molecular complexity index is 813. The molecule has 0 saturated carbocycles. The summed E-state index contributed by atoms with van der Waals surface area (Å²) >= 11 is 0. The van der Waals surface area contributed by atoms with Gasteiger partial charge in [0, 0.05) is 5.69 Å². The van der Waals surface area contributed by atoms with Crippen LogP contribution >= 0.6 is 0 Å². The highest BCUT2D eigenvalue weighted by Gasteiger charge is 2.13. The molecule has 0 aliphatic heterocycles. The van der Waals surface area contributed by atoms with E-state index >= 15 is 0 Å². The van der Waals surface area contributed by atoms with Crippen LogP contribution in [-0.2, 0) is 9.53 Å². The van der Waals surface area contributed by atoms with Crippen LogP contribution in [0, 0.1) is 6.92 Å². The number of carboxylic acid groups (broad SMARTS) is 1. The van der Waals surface area contributed by atoms with Gasteiger partial charge in [-0.25, -0.2) is 9.59 Å². The van der Waals surface area contributed by atoms with Crippen molar-refractivity contribution in [1.82, 2.24) is 0 Å². The fraction of sp³-hybridized carbons (Fsp3) is 0.211. The molecular formula is C19H19NO6. The van der Waals surface area contributed by atoms with Crippen molar-refractivity contribution in [3.05, 3.63) is 59.2 Å². The predicted molar refractivity (Wildman–Crippen MR) is 94.7 cm³/mol. The highest BCUT2D eigenvalue weighted by molar-refractivity contribution is 5.94. The molecule has 0 radical (unpaired) electrons. The molecule has 136 valence electrons. The molecular weight excluding hydrogens is 338 g/mol. The summed E-state index contributed by atoms with van der Waals surface area (Å²) in [4.78, 5) is 34.8. The molecule has 0 spiro atoms. The lowest BCUT2D eigenvalue weighted by atomic mass is 10.1. The second-order valence-corrected chi connectivity index (χ2v) is 5.44. The van der Waals surface area contributed by atoms with Crippen molar-refractivity contribution < 1.29 is 29.0 Å². The molecule has 26 heavy (non-hydrogen) atoms. The van der Waals surface area contributed by atoms with E-state index in [1.54, 1.807) is 38.1 Å². The van der Waals surface area contributed by atoms with Gasteiger partial charge < -0.3 is 19.9 Å². The molecule has 2 N–H and O–H groups in total. The molecule has 0 aliphatic carbocycles. The van der Waals surface area contributed by atoms with Gasteiger partial charge in [-0.1, -0.05) is 6.07 Å². The zero-order chi connectivity index (χ0) is 19.1. The minimum Gasteiger partial charge on any atom is -0.483 e. The number of aryl methyl sites for hydroxylation is 1. The van der Waals surface area contributed by atoms with Gasteiger partial charge in [0.2, 0.25) is 0 Å². The van der Waals surface area contributed by atoms with Gasteiger partial charge in [-0.3, -0.25) is 4.79 Å². The zero-order valence-corrected chi connectivity index (χ0v) is 14.4. The minimum absolute atomic E-state index is 0.0119. The summed E-state index contributed by atoms with van der Waals surface area (Å²) in [5.41, 5.74) is 1.67. The van der Waals surface area contributed by atoms with Crippen LogP contribution in [0.5, 0.6) is 5.75 Å². The molecule has 0 bridgehead atoms. The first-order chi connectivity index (χ1) is 12.4. The molecule has 0 aromatic heterocycles. The van der Waals surface area contributed by atoms with E-state index < -0.39 is 17.8 Å². The molecule has 2 aromatic carbocycles. The first-order valence-electron chi connectivity index (χ1n) is 7.94. The number of carbonyl (C=O) groups is 3. The third-order valence-corrected chi connectivity index (χ3v) is 3.41. The highest BCUT2D eigenvalue weighted by atomic mass is 16.5. The maximum absolute atomic E-state index is 12.0.